The van der Waals surface area contributed by atoms with Crippen molar-refractivity contribution in [2.24, 2.45) is 5.92 Å². The minimum Gasteiger partial charge on any atom is -0.345 e. The van der Waals surface area contributed by atoms with E-state index in [-0.39, 0.29) is 17.9 Å². The Morgan fingerprint density at radius 1 is 1.16 bits per heavy atom. The lowest BCUT2D eigenvalue weighted by molar-refractivity contribution is -0.116. The maximum Gasteiger partial charge on any atom is 0.251 e. The second kappa shape index (κ2) is 9.92. The molecule has 0 saturated heterocycles. The summed E-state index contributed by atoms with van der Waals surface area (Å²) in [7, 11) is 0. The van der Waals surface area contributed by atoms with E-state index in [9.17, 15) is 9.59 Å². The molecule has 2 amide bonds. The van der Waals surface area contributed by atoms with Crippen LogP contribution in [-0.2, 0) is 11.3 Å². The first-order valence-electron chi connectivity index (χ1n) is 10.5. The van der Waals surface area contributed by atoms with E-state index >= 15 is 0 Å². The third-order valence-electron chi connectivity index (χ3n) is 5.70. The molecule has 0 radical (unpaired) electrons. The summed E-state index contributed by atoms with van der Waals surface area (Å²) in [5, 5.41) is 6.10. The van der Waals surface area contributed by atoms with Crippen molar-refractivity contribution in [1.29, 1.82) is 0 Å². The molecular formula is C24H25BrN4O2. The van der Waals surface area contributed by atoms with Crippen LogP contribution in [0, 0.1) is 5.92 Å². The summed E-state index contributed by atoms with van der Waals surface area (Å²) in [5.41, 5.74) is 2.27. The molecule has 6 nitrogen and oxygen atoms in total. The van der Waals surface area contributed by atoms with Gasteiger partial charge in [0, 0.05) is 41.1 Å². The summed E-state index contributed by atoms with van der Waals surface area (Å²) in [6.07, 6.45) is 8.96. The predicted molar refractivity (Wildman–Crippen MR) is 124 cm³/mol. The number of benzene rings is 2. The van der Waals surface area contributed by atoms with Gasteiger partial charge in [0.25, 0.3) is 5.91 Å². The molecule has 2 aromatic carbocycles. The van der Waals surface area contributed by atoms with Gasteiger partial charge in [-0.1, -0.05) is 40.5 Å². The first kappa shape index (κ1) is 21.3. The quantitative estimate of drug-likeness (QED) is 0.478. The SMILES string of the molecule is O=C(CCn1ccnc1)Nc1cccc(C(=O)NC(c2ccc(Br)cc2)C2CCC2)c1. The molecule has 0 bridgehead atoms. The van der Waals surface area contributed by atoms with Gasteiger partial charge in [0.05, 0.1) is 12.4 Å². The van der Waals surface area contributed by atoms with E-state index in [2.05, 4.69) is 43.7 Å². The number of carbonyl (C=O) groups is 2. The number of imidazole rings is 1. The van der Waals surface area contributed by atoms with Gasteiger partial charge in [0.15, 0.2) is 0 Å². The van der Waals surface area contributed by atoms with Crippen LogP contribution in [0.4, 0.5) is 5.69 Å². The van der Waals surface area contributed by atoms with Crippen LogP contribution < -0.4 is 10.6 Å². The van der Waals surface area contributed by atoms with Gasteiger partial charge in [-0.3, -0.25) is 9.59 Å². The number of anilines is 1. The molecule has 1 aliphatic carbocycles. The maximum absolute atomic E-state index is 13.0. The lowest BCUT2D eigenvalue weighted by atomic mass is 9.77. The summed E-state index contributed by atoms with van der Waals surface area (Å²) in [6, 6.07) is 15.2. The number of aromatic nitrogens is 2. The highest BCUT2D eigenvalue weighted by atomic mass is 79.9. The number of rotatable bonds is 8. The van der Waals surface area contributed by atoms with E-state index in [1.165, 1.54) is 6.42 Å². The Balaban J connectivity index is 1.40. The van der Waals surface area contributed by atoms with Gasteiger partial charge < -0.3 is 15.2 Å². The Hall–Kier alpha value is -2.93. The number of carbonyl (C=O) groups excluding carboxylic acids is 2. The van der Waals surface area contributed by atoms with E-state index in [4.69, 9.17) is 0 Å². The van der Waals surface area contributed by atoms with E-state index in [1.807, 2.05) is 22.9 Å². The first-order valence-corrected chi connectivity index (χ1v) is 11.3. The zero-order valence-electron chi connectivity index (χ0n) is 17.1. The molecule has 1 heterocycles. The summed E-state index contributed by atoms with van der Waals surface area (Å²) >= 11 is 3.47. The van der Waals surface area contributed by atoms with Gasteiger partial charge in [0.2, 0.25) is 5.91 Å². The van der Waals surface area contributed by atoms with Crippen molar-refractivity contribution in [3.8, 4) is 0 Å². The lowest BCUT2D eigenvalue weighted by Gasteiger charge is -2.34. The summed E-state index contributed by atoms with van der Waals surface area (Å²) in [4.78, 5) is 29.3. The highest BCUT2D eigenvalue weighted by Gasteiger charge is 2.30. The molecule has 1 aliphatic rings. The largest absolute Gasteiger partial charge is 0.345 e. The molecule has 160 valence electrons. The van der Waals surface area contributed by atoms with E-state index in [0.29, 0.717) is 30.1 Å². The standard InChI is InChI=1S/C24H25BrN4O2/c25-20-9-7-18(8-10-20)23(17-3-1-4-17)28-24(31)19-5-2-6-21(15-19)27-22(30)11-13-29-14-12-26-16-29/h2,5-10,12,14-17,23H,1,3-4,11,13H2,(H,27,30)(H,28,31). The minimum absolute atomic E-state index is 0.0113. The number of aryl methyl sites for hydroxylation is 1. The lowest BCUT2D eigenvalue weighted by Crippen LogP contribution is -2.36. The maximum atomic E-state index is 13.0. The van der Waals surface area contributed by atoms with Gasteiger partial charge in [-0.25, -0.2) is 4.98 Å². The van der Waals surface area contributed by atoms with Crippen molar-refractivity contribution in [3.05, 3.63) is 82.9 Å². The third-order valence-corrected chi connectivity index (χ3v) is 6.23. The topological polar surface area (TPSA) is 76.0 Å². The van der Waals surface area contributed by atoms with Gasteiger partial charge in [-0.2, -0.15) is 0 Å². The van der Waals surface area contributed by atoms with Crippen LogP contribution in [0.3, 0.4) is 0 Å². The smallest absolute Gasteiger partial charge is 0.251 e. The third kappa shape index (κ3) is 5.61. The Labute approximate surface area is 190 Å². The van der Waals surface area contributed by atoms with Crippen LogP contribution in [0.25, 0.3) is 0 Å². The number of halogens is 1. The zero-order valence-corrected chi connectivity index (χ0v) is 18.7. The molecule has 0 spiro atoms. The van der Waals surface area contributed by atoms with E-state index in [1.54, 1.807) is 36.8 Å². The van der Waals surface area contributed by atoms with E-state index in [0.717, 1.165) is 22.9 Å². The first-order chi connectivity index (χ1) is 15.1. The normalized spacial score (nSPS) is 14.5. The Kier molecular flexibility index (Phi) is 6.82. The van der Waals surface area contributed by atoms with Crippen LogP contribution in [-0.4, -0.2) is 21.4 Å². The molecule has 4 rings (SSSR count). The van der Waals surface area contributed by atoms with E-state index < -0.39 is 0 Å². The number of nitrogens with one attached hydrogen (secondary N) is 2. The van der Waals surface area contributed by atoms with Crippen molar-refractivity contribution >= 4 is 33.4 Å². The van der Waals surface area contributed by atoms with Crippen molar-refractivity contribution < 1.29 is 9.59 Å². The Morgan fingerprint density at radius 2 is 1.97 bits per heavy atom. The average Bonchev–Trinajstić information content (AvgIpc) is 3.25. The van der Waals surface area contributed by atoms with Crippen molar-refractivity contribution in [2.45, 2.75) is 38.3 Å². The molecule has 1 aromatic heterocycles. The fraction of sp³-hybridized carbons (Fsp3) is 0.292. The fourth-order valence-corrected chi connectivity index (χ4v) is 4.02. The molecule has 1 fully saturated rings. The Bertz CT molecular complexity index is 1030. The van der Waals surface area contributed by atoms with Crippen LogP contribution in [0.5, 0.6) is 0 Å². The summed E-state index contributed by atoms with van der Waals surface area (Å²) in [5.74, 6) is 0.221. The molecule has 1 atom stereocenters. The highest BCUT2D eigenvalue weighted by Crippen LogP contribution is 2.38. The van der Waals surface area contributed by atoms with Crippen LogP contribution >= 0.6 is 15.9 Å². The molecule has 1 saturated carbocycles. The zero-order chi connectivity index (χ0) is 21.6. The summed E-state index contributed by atoms with van der Waals surface area (Å²) < 4.78 is 2.87. The van der Waals surface area contributed by atoms with Crippen molar-refractivity contribution in [2.75, 3.05) is 5.32 Å². The Morgan fingerprint density at radius 3 is 2.65 bits per heavy atom. The molecule has 0 aliphatic heterocycles. The van der Waals surface area contributed by atoms with Crippen molar-refractivity contribution in [1.82, 2.24) is 14.9 Å². The van der Waals surface area contributed by atoms with Gasteiger partial charge >= 0.3 is 0 Å². The second-order valence-corrected chi connectivity index (χ2v) is 8.79. The van der Waals surface area contributed by atoms with Crippen LogP contribution in [0.15, 0.2) is 71.7 Å². The molecule has 3 aromatic rings. The van der Waals surface area contributed by atoms with Gasteiger partial charge in [0.1, 0.15) is 0 Å². The monoisotopic (exact) mass is 480 g/mol. The average molecular weight is 481 g/mol. The number of amides is 2. The van der Waals surface area contributed by atoms with Crippen molar-refractivity contribution in [3.63, 3.8) is 0 Å². The van der Waals surface area contributed by atoms with Crippen LogP contribution in [0.2, 0.25) is 0 Å². The molecular weight excluding hydrogens is 456 g/mol. The highest BCUT2D eigenvalue weighted by molar-refractivity contribution is 9.10. The number of nitrogens with zero attached hydrogens (tertiary/aromatic N) is 2. The molecule has 7 heteroatoms. The minimum atomic E-state index is -0.130. The van der Waals surface area contributed by atoms with Gasteiger partial charge in [-0.05, 0) is 54.7 Å². The number of hydrogen-bond donors (Lipinski definition) is 2. The molecule has 2 N–H and O–H groups in total. The molecule has 31 heavy (non-hydrogen) atoms. The fourth-order valence-electron chi connectivity index (χ4n) is 3.75. The van der Waals surface area contributed by atoms with Gasteiger partial charge in [-0.15, -0.1) is 0 Å². The second-order valence-electron chi connectivity index (χ2n) is 7.87. The van der Waals surface area contributed by atoms with Crippen LogP contribution in [0.1, 0.15) is 47.6 Å². The number of hydrogen-bond acceptors (Lipinski definition) is 3. The predicted octanol–water partition coefficient (Wildman–Crippen LogP) is 4.95. The summed E-state index contributed by atoms with van der Waals surface area (Å²) in [6.45, 7) is 0.558. The molecule has 1 unspecified atom stereocenters.